The third-order valence-corrected chi connectivity index (χ3v) is 5.15. The van der Waals surface area contributed by atoms with Crippen molar-refractivity contribution in [1.82, 2.24) is 15.0 Å². The minimum atomic E-state index is 0.325. The fourth-order valence-corrected chi connectivity index (χ4v) is 3.90. The van der Waals surface area contributed by atoms with Gasteiger partial charge in [-0.1, -0.05) is 0 Å². The number of rotatable bonds is 3. The number of anilines is 2. The molecule has 0 amide bonds. The van der Waals surface area contributed by atoms with Crippen LogP contribution in [-0.4, -0.2) is 47.7 Å². The third-order valence-electron chi connectivity index (χ3n) is 5.15. The Morgan fingerprint density at radius 2 is 2.08 bits per heavy atom. The molecule has 4 heterocycles. The number of methoxy groups -OCH3 is 1. The summed E-state index contributed by atoms with van der Waals surface area (Å²) in [6.07, 6.45) is 5.72. The number of hydrogen-bond donors (Lipinski definition) is 0. The number of hydrogen-bond acceptors (Lipinski definition) is 7. The van der Waals surface area contributed by atoms with E-state index >= 15 is 0 Å². The van der Waals surface area contributed by atoms with Crippen molar-refractivity contribution in [2.75, 3.05) is 36.5 Å². The van der Waals surface area contributed by atoms with Gasteiger partial charge in [0.15, 0.2) is 0 Å². The van der Waals surface area contributed by atoms with Gasteiger partial charge in [-0.05, 0) is 30.9 Å². The summed E-state index contributed by atoms with van der Waals surface area (Å²) in [5.74, 6) is 2.69. The Kier molecular flexibility index (Phi) is 4.10. The molecule has 2 aliphatic rings. The van der Waals surface area contributed by atoms with E-state index in [9.17, 15) is 5.26 Å². The zero-order valence-electron chi connectivity index (χ0n) is 14.2. The van der Waals surface area contributed by atoms with Crippen molar-refractivity contribution >= 4 is 11.8 Å². The van der Waals surface area contributed by atoms with Gasteiger partial charge in [-0.15, -0.1) is 0 Å². The summed E-state index contributed by atoms with van der Waals surface area (Å²) in [6.45, 7) is 2.71. The Labute approximate surface area is 146 Å². The van der Waals surface area contributed by atoms with E-state index in [1.165, 1.54) is 0 Å². The van der Waals surface area contributed by atoms with E-state index in [0.717, 1.165) is 38.3 Å². The molecule has 0 bridgehead atoms. The maximum atomic E-state index is 9.40. The molecule has 7 heteroatoms. The van der Waals surface area contributed by atoms with E-state index in [2.05, 4.69) is 30.8 Å². The fourth-order valence-electron chi connectivity index (χ4n) is 3.90. The van der Waals surface area contributed by atoms with Crippen LogP contribution in [-0.2, 0) is 0 Å². The van der Waals surface area contributed by atoms with Crippen molar-refractivity contribution in [2.24, 2.45) is 5.92 Å². The molecule has 128 valence electrons. The van der Waals surface area contributed by atoms with E-state index in [1.54, 1.807) is 25.6 Å². The van der Waals surface area contributed by atoms with E-state index in [0.29, 0.717) is 29.4 Å². The predicted molar refractivity (Wildman–Crippen MR) is 93.6 cm³/mol. The smallest absolute Gasteiger partial charge is 0.228 e. The van der Waals surface area contributed by atoms with E-state index in [4.69, 9.17) is 4.74 Å². The first-order valence-electron chi connectivity index (χ1n) is 8.54. The summed E-state index contributed by atoms with van der Waals surface area (Å²) < 4.78 is 5.22. The number of piperidine rings is 1. The lowest BCUT2D eigenvalue weighted by atomic mass is 9.92. The van der Waals surface area contributed by atoms with Gasteiger partial charge in [-0.2, -0.15) is 10.2 Å². The van der Waals surface area contributed by atoms with Crippen molar-refractivity contribution in [3.05, 3.63) is 36.2 Å². The Balaban J connectivity index is 1.60. The molecule has 2 aliphatic heterocycles. The summed E-state index contributed by atoms with van der Waals surface area (Å²) in [6, 6.07) is 7.99. The second kappa shape index (κ2) is 6.55. The summed E-state index contributed by atoms with van der Waals surface area (Å²) >= 11 is 0. The molecule has 7 nitrogen and oxygen atoms in total. The van der Waals surface area contributed by atoms with Crippen LogP contribution in [0.5, 0.6) is 5.88 Å². The maximum Gasteiger partial charge on any atom is 0.228 e. The zero-order chi connectivity index (χ0) is 17.2. The molecule has 2 fully saturated rings. The Bertz CT molecular complexity index is 804. The summed E-state index contributed by atoms with van der Waals surface area (Å²) in [4.78, 5) is 17.8. The molecule has 0 N–H and O–H groups in total. The minimum absolute atomic E-state index is 0.325. The average molecular weight is 336 g/mol. The number of pyridine rings is 1. The van der Waals surface area contributed by atoms with Gasteiger partial charge < -0.3 is 14.5 Å². The lowest BCUT2D eigenvalue weighted by Gasteiger charge is -2.39. The molecule has 2 unspecified atom stereocenters. The van der Waals surface area contributed by atoms with E-state index in [-0.39, 0.29) is 0 Å². The van der Waals surface area contributed by atoms with Crippen LogP contribution < -0.4 is 14.5 Å². The van der Waals surface area contributed by atoms with Gasteiger partial charge in [0.05, 0.1) is 18.7 Å². The van der Waals surface area contributed by atoms with Crippen molar-refractivity contribution in [2.45, 2.75) is 18.9 Å². The molecule has 25 heavy (non-hydrogen) atoms. The molecule has 2 saturated heterocycles. The normalized spacial score (nSPS) is 22.4. The molecule has 0 aromatic carbocycles. The van der Waals surface area contributed by atoms with Gasteiger partial charge in [0.1, 0.15) is 11.9 Å². The molecule has 2 aromatic rings. The van der Waals surface area contributed by atoms with Crippen LogP contribution in [0.25, 0.3) is 0 Å². The SMILES string of the molecule is COc1ccnc(N2CCC3CCN(c4ncccc4C#N)C3C2)n1. The van der Waals surface area contributed by atoms with Crippen LogP contribution in [0.2, 0.25) is 0 Å². The zero-order valence-corrected chi connectivity index (χ0v) is 14.2. The minimum Gasteiger partial charge on any atom is -0.481 e. The Morgan fingerprint density at radius 1 is 1.20 bits per heavy atom. The van der Waals surface area contributed by atoms with Crippen molar-refractivity contribution < 1.29 is 4.74 Å². The summed E-state index contributed by atoms with van der Waals surface area (Å²) in [7, 11) is 1.61. The van der Waals surface area contributed by atoms with Gasteiger partial charge in [-0.3, -0.25) is 0 Å². The van der Waals surface area contributed by atoms with Crippen LogP contribution in [0.4, 0.5) is 11.8 Å². The number of nitrogens with zero attached hydrogens (tertiary/aromatic N) is 6. The topological polar surface area (TPSA) is 78.2 Å². The second-order valence-electron chi connectivity index (χ2n) is 6.43. The summed E-state index contributed by atoms with van der Waals surface area (Å²) in [5, 5.41) is 9.40. The Morgan fingerprint density at radius 3 is 2.92 bits per heavy atom. The molecule has 2 aromatic heterocycles. The summed E-state index contributed by atoms with van der Waals surface area (Å²) in [5.41, 5.74) is 0.637. The molecular formula is C18H20N6O. The number of nitriles is 1. The molecule has 0 aliphatic carbocycles. The standard InChI is InChI=1S/C18H20N6O/c1-25-16-4-8-21-18(22-16)23-9-5-13-6-10-24(15(13)12-23)17-14(11-19)3-2-7-20-17/h2-4,7-8,13,15H,5-6,9-10,12H2,1H3. The molecule has 0 spiro atoms. The molecular weight excluding hydrogens is 316 g/mol. The van der Waals surface area contributed by atoms with Crippen LogP contribution in [0.3, 0.4) is 0 Å². The van der Waals surface area contributed by atoms with Gasteiger partial charge in [0, 0.05) is 38.1 Å². The predicted octanol–water partition coefficient (Wildman–Crippen LogP) is 1.86. The molecule has 0 saturated carbocycles. The first kappa shape index (κ1) is 15.6. The van der Waals surface area contributed by atoms with Crippen LogP contribution in [0.15, 0.2) is 30.6 Å². The average Bonchev–Trinajstić information content (AvgIpc) is 3.11. The molecule has 2 atom stereocenters. The number of ether oxygens (including phenoxy) is 1. The first-order valence-corrected chi connectivity index (χ1v) is 8.54. The van der Waals surface area contributed by atoms with Crippen LogP contribution in [0, 0.1) is 17.2 Å². The highest BCUT2D eigenvalue weighted by Crippen LogP contribution is 2.36. The highest BCUT2D eigenvalue weighted by molar-refractivity contribution is 5.55. The van der Waals surface area contributed by atoms with Crippen molar-refractivity contribution in [1.29, 1.82) is 5.26 Å². The number of fused-ring (bicyclic) bond motifs is 1. The van der Waals surface area contributed by atoms with E-state index in [1.807, 2.05) is 12.1 Å². The highest BCUT2D eigenvalue weighted by Gasteiger charge is 2.40. The number of aromatic nitrogens is 3. The molecule has 4 rings (SSSR count). The monoisotopic (exact) mass is 336 g/mol. The second-order valence-corrected chi connectivity index (χ2v) is 6.43. The third kappa shape index (κ3) is 2.84. The van der Waals surface area contributed by atoms with E-state index < -0.39 is 0 Å². The van der Waals surface area contributed by atoms with Crippen LogP contribution in [0.1, 0.15) is 18.4 Å². The maximum absolute atomic E-state index is 9.40. The largest absolute Gasteiger partial charge is 0.481 e. The van der Waals surface area contributed by atoms with Gasteiger partial charge in [0.25, 0.3) is 0 Å². The van der Waals surface area contributed by atoms with Gasteiger partial charge in [-0.25, -0.2) is 9.97 Å². The van der Waals surface area contributed by atoms with Crippen molar-refractivity contribution in [3.8, 4) is 11.9 Å². The van der Waals surface area contributed by atoms with Crippen molar-refractivity contribution in [3.63, 3.8) is 0 Å². The van der Waals surface area contributed by atoms with Gasteiger partial charge in [0.2, 0.25) is 11.8 Å². The lowest BCUT2D eigenvalue weighted by Crippen LogP contribution is -2.49. The first-order chi connectivity index (χ1) is 12.3. The van der Waals surface area contributed by atoms with Crippen LogP contribution >= 0.6 is 0 Å². The Hall–Kier alpha value is -2.88. The fraction of sp³-hybridized carbons (Fsp3) is 0.444. The quantitative estimate of drug-likeness (QED) is 0.846. The lowest BCUT2D eigenvalue weighted by molar-refractivity contribution is 0.379. The van der Waals surface area contributed by atoms with Gasteiger partial charge >= 0.3 is 0 Å². The highest BCUT2D eigenvalue weighted by atomic mass is 16.5. The molecule has 0 radical (unpaired) electrons.